The standard InChI is InChI=1S/C67H45N5/c1-67-40-18-35-64(72-58-31-14-7-23-48(58)49-24-8-15-32-59(49)72)66(67)70(62-33-16-10-27-54(62)67)45-37-39-61-53(42-45)52-41-44(36-38-60(52)68(61)43-19-3-2-4-20-43)69-55-28-11-9-25-50(55)51-26-17-34-63(65(51)69)71-56-29-12-5-21-46(56)47-22-6-13-30-57(47)71/h2-42,66H,1H3. The second-order valence-corrected chi connectivity index (χ2v) is 19.9. The summed E-state index contributed by atoms with van der Waals surface area (Å²) >= 11 is 0. The van der Waals surface area contributed by atoms with E-state index < -0.39 is 0 Å². The highest BCUT2D eigenvalue weighted by atomic mass is 15.2. The van der Waals surface area contributed by atoms with E-state index in [1.807, 2.05) is 0 Å². The van der Waals surface area contributed by atoms with Crippen LogP contribution in [0.3, 0.4) is 0 Å². The quantitative estimate of drug-likeness (QED) is 0.169. The molecule has 2 unspecified atom stereocenters. The number of aromatic nitrogens is 4. The molecule has 0 spiro atoms. The van der Waals surface area contributed by atoms with Gasteiger partial charge in [0.05, 0.1) is 55.9 Å². The molecule has 10 aromatic carbocycles. The zero-order valence-electron chi connectivity index (χ0n) is 39.5. The first kappa shape index (κ1) is 39.5. The van der Waals surface area contributed by atoms with Gasteiger partial charge in [-0.3, -0.25) is 0 Å². The van der Waals surface area contributed by atoms with E-state index in [-0.39, 0.29) is 11.5 Å². The van der Waals surface area contributed by atoms with Gasteiger partial charge in [0, 0.05) is 77.0 Å². The summed E-state index contributed by atoms with van der Waals surface area (Å²) in [5, 5.41) is 9.90. The van der Waals surface area contributed by atoms with Crippen molar-refractivity contribution in [2.75, 3.05) is 4.90 Å². The molecule has 14 aromatic rings. The lowest BCUT2D eigenvalue weighted by molar-refractivity contribution is 0.551. The molecule has 0 N–H and O–H groups in total. The van der Waals surface area contributed by atoms with Crippen LogP contribution in [0, 0.1) is 0 Å². The van der Waals surface area contributed by atoms with Gasteiger partial charge in [0.1, 0.15) is 0 Å². The summed E-state index contributed by atoms with van der Waals surface area (Å²) in [5.41, 5.74) is 17.6. The van der Waals surface area contributed by atoms with Gasteiger partial charge in [-0.15, -0.1) is 0 Å². The van der Waals surface area contributed by atoms with Gasteiger partial charge in [-0.05, 0) is 110 Å². The molecular weight excluding hydrogens is 875 g/mol. The number of rotatable bonds is 5. The van der Waals surface area contributed by atoms with Gasteiger partial charge in [-0.2, -0.15) is 0 Å². The molecule has 1 aliphatic carbocycles. The van der Waals surface area contributed by atoms with Crippen LogP contribution in [0.15, 0.2) is 249 Å². The van der Waals surface area contributed by atoms with E-state index in [4.69, 9.17) is 0 Å². The number of hydrogen-bond acceptors (Lipinski definition) is 1. The lowest BCUT2D eigenvalue weighted by atomic mass is 9.74. The largest absolute Gasteiger partial charge is 0.331 e. The smallest absolute Gasteiger partial charge is 0.0875 e. The van der Waals surface area contributed by atoms with Gasteiger partial charge >= 0.3 is 0 Å². The Kier molecular flexibility index (Phi) is 8.02. The molecule has 0 bridgehead atoms. The maximum Gasteiger partial charge on any atom is 0.0875 e. The lowest BCUT2D eigenvalue weighted by Gasteiger charge is -2.39. The number of anilines is 2. The molecule has 2 aliphatic rings. The maximum absolute atomic E-state index is 2.63. The van der Waals surface area contributed by atoms with Crippen LogP contribution in [-0.4, -0.2) is 24.3 Å². The molecule has 0 radical (unpaired) electrons. The molecule has 0 saturated heterocycles. The van der Waals surface area contributed by atoms with Crippen LogP contribution in [0.1, 0.15) is 12.5 Å². The van der Waals surface area contributed by atoms with Gasteiger partial charge < -0.3 is 23.2 Å². The predicted molar refractivity (Wildman–Crippen MR) is 302 cm³/mol. The first-order valence-electron chi connectivity index (χ1n) is 25.1. The second-order valence-electron chi connectivity index (χ2n) is 19.9. The molecule has 5 nitrogen and oxygen atoms in total. The molecule has 2 atom stereocenters. The van der Waals surface area contributed by atoms with Crippen molar-refractivity contribution in [3.8, 4) is 17.1 Å². The molecule has 0 fully saturated rings. The van der Waals surface area contributed by atoms with Crippen LogP contribution < -0.4 is 4.90 Å². The first-order valence-corrected chi connectivity index (χ1v) is 25.1. The van der Waals surface area contributed by atoms with Gasteiger partial charge in [-0.25, -0.2) is 0 Å². The van der Waals surface area contributed by atoms with Crippen LogP contribution >= 0.6 is 0 Å². The van der Waals surface area contributed by atoms with Crippen LogP contribution in [0.5, 0.6) is 0 Å². The zero-order valence-corrected chi connectivity index (χ0v) is 39.5. The Labute approximate surface area is 415 Å². The number of benzene rings is 10. The summed E-state index contributed by atoms with van der Waals surface area (Å²) in [6, 6.07) is 85.3. The van der Waals surface area contributed by atoms with Crippen LogP contribution in [0.4, 0.5) is 11.4 Å². The first-order chi connectivity index (χ1) is 35.6. The van der Waals surface area contributed by atoms with Crippen molar-refractivity contribution in [1.82, 2.24) is 18.3 Å². The second kappa shape index (κ2) is 14.6. The van der Waals surface area contributed by atoms with Gasteiger partial charge in [-0.1, -0.05) is 152 Å². The van der Waals surface area contributed by atoms with Crippen molar-refractivity contribution in [3.05, 3.63) is 254 Å². The fourth-order valence-corrected chi connectivity index (χ4v) is 13.2. The zero-order chi connectivity index (χ0) is 47.2. The summed E-state index contributed by atoms with van der Waals surface area (Å²) in [7, 11) is 0. The van der Waals surface area contributed by atoms with E-state index in [9.17, 15) is 0 Å². The Morgan fingerprint density at radius 3 is 1.42 bits per heavy atom. The van der Waals surface area contributed by atoms with E-state index in [0.717, 1.165) is 22.7 Å². The number of nitrogens with zero attached hydrogens (tertiary/aromatic N) is 5. The van der Waals surface area contributed by atoms with E-state index in [1.54, 1.807) is 0 Å². The minimum Gasteiger partial charge on any atom is -0.331 e. The Bertz CT molecular complexity index is 4560. The highest BCUT2D eigenvalue weighted by Gasteiger charge is 2.50. The SMILES string of the molecule is CC12C=CC=C(n3c4ccccc4c4ccccc43)C1N(c1ccc3c(c1)c1cc(-n4c5ccccc5c5cccc(-n6c7ccccc7c7ccccc76)c54)ccc1n3-c1ccccc1)c1ccccc12. The third-order valence-electron chi connectivity index (χ3n) is 16.2. The minimum atomic E-state index is -0.308. The van der Waals surface area contributed by atoms with Crippen molar-refractivity contribution in [3.63, 3.8) is 0 Å². The molecule has 5 heteroatoms. The van der Waals surface area contributed by atoms with Crippen molar-refractivity contribution in [2.45, 2.75) is 18.4 Å². The Morgan fingerprint density at radius 2 is 0.792 bits per heavy atom. The molecule has 4 aromatic heterocycles. The normalized spacial score (nSPS) is 16.6. The predicted octanol–water partition coefficient (Wildman–Crippen LogP) is 17.0. The summed E-state index contributed by atoms with van der Waals surface area (Å²) in [6.07, 6.45) is 7.07. The van der Waals surface area contributed by atoms with E-state index in [1.165, 1.54) is 104 Å². The fraction of sp³-hybridized carbons (Fsp3) is 0.0448. The fourth-order valence-electron chi connectivity index (χ4n) is 13.2. The minimum absolute atomic E-state index is 0.0357. The highest BCUT2D eigenvalue weighted by molar-refractivity contribution is 6.17. The average molecular weight is 920 g/mol. The van der Waals surface area contributed by atoms with Crippen LogP contribution in [-0.2, 0) is 5.41 Å². The van der Waals surface area contributed by atoms with Gasteiger partial charge in [0.2, 0.25) is 0 Å². The third-order valence-corrected chi connectivity index (χ3v) is 16.2. The Balaban J connectivity index is 0.959. The molecule has 0 saturated carbocycles. The summed E-state index contributed by atoms with van der Waals surface area (Å²) in [6.45, 7) is 2.43. The Morgan fingerprint density at radius 1 is 0.333 bits per heavy atom. The lowest BCUT2D eigenvalue weighted by Crippen LogP contribution is -2.43. The third kappa shape index (κ3) is 5.21. The van der Waals surface area contributed by atoms with Crippen molar-refractivity contribution in [1.29, 1.82) is 0 Å². The van der Waals surface area contributed by atoms with Crippen LogP contribution in [0.25, 0.3) is 110 Å². The molecule has 338 valence electrons. The molecule has 16 rings (SSSR count). The van der Waals surface area contributed by atoms with E-state index in [0.29, 0.717) is 0 Å². The number of para-hydroxylation sites is 8. The van der Waals surface area contributed by atoms with Crippen molar-refractivity contribution < 1.29 is 0 Å². The molecular formula is C67H45N5. The van der Waals surface area contributed by atoms with Crippen LogP contribution in [0.2, 0.25) is 0 Å². The van der Waals surface area contributed by atoms with Crippen molar-refractivity contribution in [2.24, 2.45) is 0 Å². The van der Waals surface area contributed by atoms with E-state index >= 15 is 0 Å². The molecule has 1 aliphatic heterocycles. The summed E-state index contributed by atoms with van der Waals surface area (Å²) in [4.78, 5) is 2.63. The van der Waals surface area contributed by atoms with E-state index in [2.05, 4.69) is 279 Å². The maximum atomic E-state index is 2.63. The Hall–Kier alpha value is -9.32. The molecule has 72 heavy (non-hydrogen) atoms. The number of fused-ring (bicyclic) bond motifs is 15. The number of allylic oxidation sites excluding steroid dienone is 2. The van der Waals surface area contributed by atoms with Gasteiger partial charge in [0.25, 0.3) is 0 Å². The van der Waals surface area contributed by atoms with Crippen molar-refractivity contribution >= 4 is 104 Å². The monoisotopic (exact) mass is 919 g/mol. The van der Waals surface area contributed by atoms with Gasteiger partial charge in [0.15, 0.2) is 0 Å². The highest BCUT2D eigenvalue weighted by Crippen LogP contribution is 2.55. The average Bonchev–Trinajstić information content (AvgIpc) is 4.22. The topological polar surface area (TPSA) is 23.0 Å². The molecule has 5 heterocycles. The summed E-state index contributed by atoms with van der Waals surface area (Å²) < 4.78 is 9.96. The molecule has 0 amide bonds. The summed E-state index contributed by atoms with van der Waals surface area (Å²) in [5.74, 6) is 0. The number of hydrogen-bond donors (Lipinski definition) is 0.